The number of aliphatic hydroxyl groups excluding tert-OH is 1. The Morgan fingerprint density at radius 2 is 2.29 bits per heavy atom. The molecular formula is C10H13BrFNO. The van der Waals surface area contributed by atoms with E-state index in [0.717, 1.165) is 6.54 Å². The number of rotatable bonds is 4. The average molecular weight is 262 g/mol. The minimum Gasteiger partial charge on any atom is -0.387 e. The van der Waals surface area contributed by atoms with Crippen LogP contribution in [0.1, 0.15) is 18.6 Å². The molecule has 0 heterocycles. The summed E-state index contributed by atoms with van der Waals surface area (Å²) in [7, 11) is 0. The van der Waals surface area contributed by atoms with Gasteiger partial charge in [-0.3, -0.25) is 0 Å². The van der Waals surface area contributed by atoms with Crippen molar-refractivity contribution in [2.75, 3.05) is 13.1 Å². The SMILES string of the molecule is CCNCC(O)c1cccc(Br)c1F. The van der Waals surface area contributed by atoms with Crippen LogP contribution in [0.15, 0.2) is 22.7 Å². The second-order valence-electron chi connectivity index (χ2n) is 2.97. The van der Waals surface area contributed by atoms with Crippen LogP contribution in [0.2, 0.25) is 0 Å². The molecule has 0 aliphatic heterocycles. The van der Waals surface area contributed by atoms with Crippen molar-refractivity contribution in [1.82, 2.24) is 5.32 Å². The molecule has 14 heavy (non-hydrogen) atoms. The summed E-state index contributed by atoms with van der Waals surface area (Å²) < 4.78 is 13.8. The predicted octanol–water partition coefficient (Wildman–Crippen LogP) is 2.23. The van der Waals surface area contributed by atoms with Gasteiger partial charge < -0.3 is 10.4 Å². The van der Waals surface area contributed by atoms with Gasteiger partial charge in [-0.1, -0.05) is 19.1 Å². The van der Waals surface area contributed by atoms with E-state index in [1.807, 2.05) is 6.92 Å². The summed E-state index contributed by atoms with van der Waals surface area (Å²) in [4.78, 5) is 0. The van der Waals surface area contributed by atoms with Gasteiger partial charge in [0.15, 0.2) is 0 Å². The quantitative estimate of drug-likeness (QED) is 0.872. The number of hydrogen-bond donors (Lipinski definition) is 2. The molecule has 0 bridgehead atoms. The Bertz CT molecular complexity index is 306. The van der Waals surface area contributed by atoms with Gasteiger partial charge in [0.25, 0.3) is 0 Å². The van der Waals surface area contributed by atoms with Crippen molar-refractivity contribution in [2.24, 2.45) is 0 Å². The molecule has 2 N–H and O–H groups in total. The van der Waals surface area contributed by atoms with E-state index < -0.39 is 11.9 Å². The first-order chi connectivity index (χ1) is 6.66. The standard InChI is InChI=1S/C10H13BrFNO/c1-2-13-6-9(14)7-4-3-5-8(11)10(7)12/h3-5,9,13-14H,2,6H2,1H3. The third kappa shape index (κ3) is 2.77. The topological polar surface area (TPSA) is 32.3 Å². The highest BCUT2D eigenvalue weighted by molar-refractivity contribution is 9.10. The van der Waals surface area contributed by atoms with Gasteiger partial charge in [-0.2, -0.15) is 0 Å². The molecular weight excluding hydrogens is 249 g/mol. The highest BCUT2D eigenvalue weighted by Crippen LogP contribution is 2.23. The molecule has 1 aromatic carbocycles. The number of likely N-dealkylation sites (N-methyl/N-ethyl adjacent to an activating group) is 1. The number of aliphatic hydroxyl groups is 1. The molecule has 0 aromatic heterocycles. The summed E-state index contributed by atoms with van der Waals surface area (Å²) in [5.41, 5.74) is 0.320. The molecule has 1 atom stereocenters. The molecule has 0 saturated carbocycles. The van der Waals surface area contributed by atoms with Gasteiger partial charge in [0, 0.05) is 12.1 Å². The van der Waals surface area contributed by atoms with Gasteiger partial charge in [-0.25, -0.2) is 4.39 Å². The normalized spacial score (nSPS) is 12.9. The average Bonchev–Trinajstić information content (AvgIpc) is 2.18. The molecule has 0 radical (unpaired) electrons. The second kappa shape index (κ2) is 5.44. The first-order valence-electron chi connectivity index (χ1n) is 4.49. The lowest BCUT2D eigenvalue weighted by Gasteiger charge is -2.12. The fraction of sp³-hybridized carbons (Fsp3) is 0.400. The van der Waals surface area contributed by atoms with Gasteiger partial charge in [0.2, 0.25) is 0 Å². The number of nitrogens with one attached hydrogen (secondary N) is 1. The number of halogens is 2. The minimum atomic E-state index is -0.799. The fourth-order valence-electron chi connectivity index (χ4n) is 1.17. The lowest BCUT2D eigenvalue weighted by atomic mass is 10.1. The summed E-state index contributed by atoms with van der Waals surface area (Å²) >= 11 is 3.08. The maximum Gasteiger partial charge on any atom is 0.143 e. The molecule has 1 aromatic rings. The van der Waals surface area contributed by atoms with Crippen LogP contribution >= 0.6 is 15.9 Å². The highest BCUT2D eigenvalue weighted by atomic mass is 79.9. The van der Waals surface area contributed by atoms with Crippen molar-refractivity contribution in [1.29, 1.82) is 0 Å². The van der Waals surface area contributed by atoms with Crippen LogP contribution in [0.25, 0.3) is 0 Å². The Balaban J connectivity index is 2.79. The molecule has 0 amide bonds. The van der Waals surface area contributed by atoms with Crippen LogP contribution in [0.3, 0.4) is 0 Å². The van der Waals surface area contributed by atoms with Crippen LogP contribution < -0.4 is 5.32 Å². The lowest BCUT2D eigenvalue weighted by molar-refractivity contribution is 0.171. The second-order valence-corrected chi connectivity index (χ2v) is 3.82. The van der Waals surface area contributed by atoms with Gasteiger partial charge in [-0.15, -0.1) is 0 Å². The van der Waals surface area contributed by atoms with Crippen LogP contribution in [-0.4, -0.2) is 18.2 Å². The summed E-state index contributed by atoms with van der Waals surface area (Å²) in [6.45, 7) is 3.06. The summed E-state index contributed by atoms with van der Waals surface area (Å²) in [6, 6.07) is 4.90. The number of hydrogen-bond acceptors (Lipinski definition) is 2. The van der Waals surface area contributed by atoms with E-state index in [1.165, 1.54) is 0 Å². The van der Waals surface area contributed by atoms with E-state index in [9.17, 15) is 9.50 Å². The smallest absolute Gasteiger partial charge is 0.143 e. The van der Waals surface area contributed by atoms with Crippen molar-refractivity contribution in [3.63, 3.8) is 0 Å². The van der Waals surface area contributed by atoms with Gasteiger partial charge in [-0.05, 0) is 28.5 Å². The minimum absolute atomic E-state index is 0.320. The zero-order chi connectivity index (χ0) is 10.6. The number of benzene rings is 1. The third-order valence-corrected chi connectivity index (χ3v) is 2.54. The maximum atomic E-state index is 13.4. The van der Waals surface area contributed by atoms with E-state index in [0.29, 0.717) is 16.6 Å². The predicted molar refractivity (Wildman–Crippen MR) is 57.6 cm³/mol. The molecule has 0 fully saturated rings. The lowest BCUT2D eigenvalue weighted by Crippen LogP contribution is -2.21. The monoisotopic (exact) mass is 261 g/mol. The molecule has 1 unspecified atom stereocenters. The van der Waals surface area contributed by atoms with E-state index in [4.69, 9.17) is 0 Å². The molecule has 78 valence electrons. The van der Waals surface area contributed by atoms with Crippen molar-refractivity contribution in [2.45, 2.75) is 13.0 Å². The van der Waals surface area contributed by atoms with Gasteiger partial charge >= 0.3 is 0 Å². The Hall–Kier alpha value is -0.450. The van der Waals surface area contributed by atoms with Crippen molar-refractivity contribution < 1.29 is 9.50 Å². The Morgan fingerprint density at radius 1 is 1.57 bits per heavy atom. The molecule has 0 aliphatic rings. The van der Waals surface area contributed by atoms with Crippen LogP contribution in [-0.2, 0) is 0 Å². The summed E-state index contributed by atoms with van der Waals surface area (Å²) in [5.74, 6) is -0.391. The Kier molecular flexibility index (Phi) is 4.51. The highest BCUT2D eigenvalue weighted by Gasteiger charge is 2.13. The third-order valence-electron chi connectivity index (χ3n) is 1.93. The van der Waals surface area contributed by atoms with E-state index >= 15 is 0 Å². The first-order valence-corrected chi connectivity index (χ1v) is 5.28. The maximum absolute atomic E-state index is 13.4. The summed E-state index contributed by atoms with van der Waals surface area (Å²) in [5, 5.41) is 12.6. The zero-order valence-corrected chi connectivity index (χ0v) is 9.51. The molecule has 1 rings (SSSR count). The van der Waals surface area contributed by atoms with Gasteiger partial charge in [0.1, 0.15) is 5.82 Å². The first kappa shape index (κ1) is 11.6. The fourth-order valence-corrected chi connectivity index (χ4v) is 1.55. The van der Waals surface area contributed by atoms with Crippen molar-refractivity contribution in [3.05, 3.63) is 34.1 Å². The van der Waals surface area contributed by atoms with Crippen LogP contribution in [0.4, 0.5) is 4.39 Å². The molecule has 0 saturated heterocycles. The van der Waals surface area contributed by atoms with Crippen LogP contribution in [0, 0.1) is 5.82 Å². The largest absolute Gasteiger partial charge is 0.387 e. The summed E-state index contributed by atoms with van der Waals surface area (Å²) in [6.07, 6.45) is -0.799. The Labute approximate surface area is 91.3 Å². The van der Waals surface area contributed by atoms with E-state index in [2.05, 4.69) is 21.2 Å². The van der Waals surface area contributed by atoms with Crippen molar-refractivity contribution in [3.8, 4) is 0 Å². The van der Waals surface area contributed by atoms with Crippen molar-refractivity contribution >= 4 is 15.9 Å². The van der Waals surface area contributed by atoms with Crippen LogP contribution in [0.5, 0.6) is 0 Å². The zero-order valence-electron chi connectivity index (χ0n) is 7.93. The van der Waals surface area contributed by atoms with E-state index in [-0.39, 0.29) is 0 Å². The molecule has 2 nitrogen and oxygen atoms in total. The van der Waals surface area contributed by atoms with Gasteiger partial charge in [0.05, 0.1) is 10.6 Å². The molecule has 4 heteroatoms. The van der Waals surface area contributed by atoms with E-state index in [1.54, 1.807) is 18.2 Å². The molecule has 0 spiro atoms. The Morgan fingerprint density at radius 3 is 2.93 bits per heavy atom. The molecule has 0 aliphatic carbocycles.